The fourth-order valence-corrected chi connectivity index (χ4v) is 1.56. The molecule has 0 radical (unpaired) electrons. The van der Waals surface area contributed by atoms with E-state index in [0.29, 0.717) is 22.7 Å². The van der Waals surface area contributed by atoms with Gasteiger partial charge in [0.05, 0.1) is 0 Å². The van der Waals surface area contributed by atoms with Crippen molar-refractivity contribution in [2.75, 3.05) is 24.6 Å². The van der Waals surface area contributed by atoms with Crippen LogP contribution in [0.1, 0.15) is 13.8 Å². The van der Waals surface area contributed by atoms with Crippen molar-refractivity contribution < 1.29 is 4.79 Å². The van der Waals surface area contributed by atoms with Crippen LogP contribution >= 0.6 is 15.9 Å². The maximum absolute atomic E-state index is 11.8. The average Bonchev–Trinajstić information content (AvgIpc) is 2.32. The molecule has 7 heteroatoms. The molecular weight excluding hydrogens is 286 g/mol. The number of hydrogen-bond donors (Lipinski definition) is 2. The van der Waals surface area contributed by atoms with Crippen molar-refractivity contribution in [3.63, 3.8) is 0 Å². The molecule has 0 bridgehead atoms. The Hall–Kier alpha value is -1.37. The number of nitrogens with two attached hydrogens (primary N) is 1. The number of amides is 1. The summed E-state index contributed by atoms with van der Waals surface area (Å²) in [6.45, 7) is 4.36. The van der Waals surface area contributed by atoms with Gasteiger partial charge in [0.2, 0.25) is 5.91 Å². The summed E-state index contributed by atoms with van der Waals surface area (Å²) in [6, 6.07) is -0.370. The SMILES string of the molecule is CCN(C)C(=O)C(C)Nc1ncnc(N)c1Br. The van der Waals surface area contributed by atoms with Gasteiger partial charge in [-0.15, -0.1) is 0 Å². The molecule has 1 unspecified atom stereocenters. The van der Waals surface area contributed by atoms with E-state index in [0.717, 1.165) is 0 Å². The van der Waals surface area contributed by atoms with E-state index in [2.05, 4.69) is 31.2 Å². The number of hydrogen-bond acceptors (Lipinski definition) is 5. The lowest BCUT2D eigenvalue weighted by atomic mass is 10.3. The van der Waals surface area contributed by atoms with Gasteiger partial charge in [-0.2, -0.15) is 0 Å². The standard InChI is InChI=1S/C10H16BrN5O/c1-4-16(3)10(17)6(2)15-9-7(11)8(12)13-5-14-9/h5-6H,4H2,1-3H3,(H3,12,13,14,15). The third kappa shape index (κ3) is 3.29. The number of nitrogens with one attached hydrogen (secondary N) is 1. The predicted octanol–water partition coefficient (Wildman–Crippen LogP) is 1.10. The molecular formula is C10H16BrN5O. The summed E-state index contributed by atoms with van der Waals surface area (Å²) in [7, 11) is 1.75. The molecule has 0 aromatic carbocycles. The Morgan fingerprint density at radius 2 is 2.29 bits per heavy atom. The van der Waals surface area contributed by atoms with Gasteiger partial charge in [-0.3, -0.25) is 4.79 Å². The van der Waals surface area contributed by atoms with Gasteiger partial charge in [-0.25, -0.2) is 9.97 Å². The lowest BCUT2D eigenvalue weighted by Crippen LogP contribution is -2.39. The molecule has 0 spiro atoms. The first-order valence-corrected chi connectivity index (χ1v) is 6.04. The van der Waals surface area contributed by atoms with Crippen LogP contribution < -0.4 is 11.1 Å². The first-order chi connectivity index (χ1) is 7.97. The van der Waals surface area contributed by atoms with Crippen molar-refractivity contribution in [3.8, 4) is 0 Å². The van der Waals surface area contributed by atoms with Gasteiger partial charge in [0.25, 0.3) is 0 Å². The molecule has 1 atom stereocenters. The fourth-order valence-electron chi connectivity index (χ4n) is 1.24. The molecule has 94 valence electrons. The van der Waals surface area contributed by atoms with Crippen LogP contribution in [0.15, 0.2) is 10.8 Å². The zero-order valence-electron chi connectivity index (χ0n) is 10.1. The van der Waals surface area contributed by atoms with Crippen molar-refractivity contribution in [2.24, 2.45) is 0 Å². The van der Waals surface area contributed by atoms with Crippen molar-refractivity contribution in [1.82, 2.24) is 14.9 Å². The van der Waals surface area contributed by atoms with E-state index in [-0.39, 0.29) is 11.9 Å². The van der Waals surface area contributed by atoms with Gasteiger partial charge < -0.3 is 16.0 Å². The molecule has 0 aliphatic heterocycles. The summed E-state index contributed by atoms with van der Waals surface area (Å²) >= 11 is 3.27. The first kappa shape index (κ1) is 13.7. The number of carbonyl (C=O) groups excluding carboxylic acids is 1. The number of rotatable bonds is 4. The minimum atomic E-state index is -0.370. The normalized spacial score (nSPS) is 12.0. The Kier molecular flexibility index (Phi) is 4.68. The number of aromatic nitrogens is 2. The lowest BCUT2D eigenvalue weighted by Gasteiger charge is -2.21. The van der Waals surface area contributed by atoms with Crippen LogP contribution in [0.3, 0.4) is 0 Å². The van der Waals surface area contributed by atoms with Crippen LogP contribution in [0.2, 0.25) is 0 Å². The number of nitrogens with zero attached hydrogens (tertiary/aromatic N) is 3. The molecule has 6 nitrogen and oxygen atoms in total. The zero-order chi connectivity index (χ0) is 13.0. The maximum Gasteiger partial charge on any atom is 0.244 e. The van der Waals surface area contributed by atoms with E-state index in [1.54, 1.807) is 18.9 Å². The van der Waals surface area contributed by atoms with Crippen LogP contribution in [-0.4, -0.2) is 40.4 Å². The molecule has 0 fully saturated rings. The summed E-state index contributed by atoms with van der Waals surface area (Å²) in [4.78, 5) is 21.3. The molecule has 0 saturated heterocycles. The minimum absolute atomic E-state index is 0.00316. The molecule has 1 aromatic rings. The summed E-state index contributed by atoms with van der Waals surface area (Å²) < 4.78 is 0.568. The second kappa shape index (κ2) is 5.81. The molecule has 1 amide bonds. The summed E-state index contributed by atoms with van der Waals surface area (Å²) in [5.74, 6) is 0.852. The smallest absolute Gasteiger partial charge is 0.244 e. The van der Waals surface area contributed by atoms with E-state index in [1.165, 1.54) is 6.33 Å². The molecule has 17 heavy (non-hydrogen) atoms. The van der Waals surface area contributed by atoms with E-state index < -0.39 is 0 Å². The van der Waals surface area contributed by atoms with E-state index >= 15 is 0 Å². The van der Waals surface area contributed by atoms with Crippen molar-refractivity contribution in [3.05, 3.63) is 10.8 Å². The third-order valence-electron chi connectivity index (χ3n) is 2.39. The first-order valence-electron chi connectivity index (χ1n) is 5.24. The fraction of sp³-hybridized carbons (Fsp3) is 0.500. The highest BCUT2D eigenvalue weighted by molar-refractivity contribution is 9.10. The zero-order valence-corrected chi connectivity index (χ0v) is 11.7. The van der Waals surface area contributed by atoms with Gasteiger partial charge in [-0.1, -0.05) is 0 Å². The Balaban J connectivity index is 2.78. The maximum atomic E-state index is 11.8. The predicted molar refractivity (Wildman–Crippen MR) is 70.5 cm³/mol. The van der Waals surface area contributed by atoms with Crippen molar-refractivity contribution in [2.45, 2.75) is 19.9 Å². The van der Waals surface area contributed by atoms with Crippen LogP contribution in [0.4, 0.5) is 11.6 Å². The van der Waals surface area contributed by atoms with Gasteiger partial charge in [0.15, 0.2) is 0 Å². The highest BCUT2D eigenvalue weighted by Gasteiger charge is 2.18. The largest absolute Gasteiger partial charge is 0.383 e. The van der Waals surface area contributed by atoms with E-state index in [4.69, 9.17) is 5.73 Å². The number of anilines is 2. The molecule has 0 aliphatic carbocycles. The summed E-state index contributed by atoms with van der Waals surface area (Å²) in [6.07, 6.45) is 1.35. The molecule has 1 aromatic heterocycles. The van der Waals surface area contributed by atoms with Gasteiger partial charge >= 0.3 is 0 Å². The van der Waals surface area contributed by atoms with Crippen LogP contribution in [0.25, 0.3) is 0 Å². The number of likely N-dealkylation sites (N-methyl/N-ethyl adjacent to an activating group) is 1. The van der Waals surface area contributed by atoms with Crippen molar-refractivity contribution in [1.29, 1.82) is 0 Å². The summed E-state index contributed by atoms with van der Waals surface area (Å²) in [5, 5.41) is 3.00. The van der Waals surface area contributed by atoms with Gasteiger partial charge in [0.1, 0.15) is 28.5 Å². The third-order valence-corrected chi connectivity index (χ3v) is 3.17. The van der Waals surface area contributed by atoms with E-state index in [1.807, 2.05) is 6.92 Å². The molecule has 1 heterocycles. The number of carbonyl (C=O) groups is 1. The van der Waals surface area contributed by atoms with Crippen LogP contribution in [0.5, 0.6) is 0 Å². The second-order valence-electron chi connectivity index (χ2n) is 3.64. The van der Waals surface area contributed by atoms with Gasteiger partial charge in [-0.05, 0) is 29.8 Å². The Bertz CT molecular complexity index is 412. The monoisotopic (exact) mass is 301 g/mol. The Morgan fingerprint density at radius 3 is 2.88 bits per heavy atom. The van der Waals surface area contributed by atoms with Crippen LogP contribution in [-0.2, 0) is 4.79 Å². The highest BCUT2D eigenvalue weighted by Crippen LogP contribution is 2.24. The number of nitrogen functional groups attached to an aromatic ring is 1. The highest BCUT2D eigenvalue weighted by atomic mass is 79.9. The second-order valence-corrected chi connectivity index (χ2v) is 4.43. The Labute approximate surface area is 109 Å². The number of halogens is 1. The van der Waals surface area contributed by atoms with Crippen LogP contribution in [0, 0.1) is 0 Å². The van der Waals surface area contributed by atoms with Crippen molar-refractivity contribution >= 4 is 33.5 Å². The average molecular weight is 302 g/mol. The quantitative estimate of drug-likeness (QED) is 0.870. The summed E-state index contributed by atoms with van der Waals surface area (Å²) in [5.41, 5.74) is 5.63. The minimum Gasteiger partial charge on any atom is -0.383 e. The molecule has 0 aliphatic rings. The molecule has 3 N–H and O–H groups in total. The Morgan fingerprint density at radius 1 is 1.65 bits per heavy atom. The van der Waals surface area contributed by atoms with Gasteiger partial charge in [0, 0.05) is 13.6 Å². The molecule has 1 rings (SSSR count). The lowest BCUT2D eigenvalue weighted by molar-refractivity contribution is -0.130. The van der Waals surface area contributed by atoms with E-state index in [9.17, 15) is 4.79 Å². The topological polar surface area (TPSA) is 84.1 Å². The molecule has 0 saturated carbocycles.